The molecule has 60 valence electrons. The molecule has 0 heterocycles. The second kappa shape index (κ2) is 6.99. The molecule has 0 saturated carbocycles. The molecule has 0 aromatic carbocycles. The van der Waals surface area contributed by atoms with E-state index in [0.717, 1.165) is 10.2 Å². The van der Waals surface area contributed by atoms with Crippen LogP contribution in [0.5, 0.6) is 0 Å². The van der Waals surface area contributed by atoms with E-state index in [4.69, 9.17) is 9.47 Å². The van der Waals surface area contributed by atoms with E-state index in [1.807, 2.05) is 19.9 Å². The third-order valence-electron chi connectivity index (χ3n) is 1.01. The molecular weight excluding hydrogens is 144 g/mol. The fourth-order valence-electron chi connectivity index (χ4n) is 0.645. The fourth-order valence-corrected chi connectivity index (χ4v) is 0.959. The molecule has 2 nitrogen and oxygen atoms in total. The van der Waals surface area contributed by atoms with Gasteiger partial charge in [-0.2, -0.15) is 0 Å². The van der Waals surface area contributed by atoms with Crippen LogP contribution in [0.15, 0.2) is 11.8 Å². The molecule has 0 radical (unpaired) electrons. The highest BCUT2D eigenvalue weighted by molar-refractivity contribution is 6.16. The molecule has 0 saturated heterocycles. The summed E-state index contributed by atoms with van der Waals surface area (Å²) >= 11 is 0. The van der Waals surface area contributed by atoms with Crippen LogP contribution >= 0.6 is 0 Å². The smallest absolute Gasteiger partial charge is 0.176 e. The monoisotopic (exact) mass is 160 g/mol. The molecule has 0 unspecified atom stereocenters. The lowest BCUT2D eigenvalue weighted by Crippen LogP contribution is -2.13. The highest BCUT2D eigenvalue weighted by atomic mass is 28.1. The second-order valence-corrected chi connectivity index (χ2v) is 2.47. The summed E-state index contributed by atoms with van der Waals surface area (Å²) in [5.74, 6) is 0. The molecule has 0 aromatic heterocycles. The van der Waals surface area contributed by atoms with Gasteiger partial charge in [-0.3, -0.25) is 0 Å². The van der Waals surface area contributed by atoms with Gasteiger partial charge in [0.25, 0.3) is 0 Å². The van der Waals surface area contributed by atoms with Gasteiger partial charge in [-0.25, -0.2) is 0 Å². The zero-order valence-electron chi connectivity index (χ0n) is 6.96. The lowest BCUT2D eigenvalue weighted by Gasteiger charge is -2.11. The third kappa shape index (κ3) is 4.73. The van der Waals surface area contributed by atoms with Crippen molar-refractivity contribution >= 4 is 10.2 Å². The maximum atomic E-state index is 5.24. The molecule has 0 amide bonds. The highest BCUT2D eigenvalue weighted by Crippen LogP contribution is 1.95. The maximum Gasteiger partial charge on any atom is 0.176 e. The van der Waals surface area contributed by atoms with Crippen molar-refractivity contribution in [3.8, 4) is 0 Å². The Balaban J connectivity index is 3.50. The van der Waals surface area contributed by atoms with Gasteiger partial charge in [-0.05, 0) is 19.9 Å². The summed E-state index contributed by atoms with van der Waals surface area (Å²) in [4.78, 5) is 0. The fraction of sp³-hybridized carbons (Fsp3) is 0.714. The molecule has 10 heavy (non-hydrogen) atoms. The van der Waals surface area contributed by atoms with Crippen LogP contribution in [0.2, 0.25) is 0 Å². The summed E-state index contributed by atoms with van der Waals surface area (Å²) in [5.41, 5.74) is 2.07. The average Bonchev–Trinajstić information content (AvgIpc) is 1.90. The normalized spacial score (nSPS) is 11.9. The Kier molecular flexibility index (Phi) is 6.90. The van der Waals surface area contributed by atoms with Gasteiger partial charge in [-0.15, -0.1) is 5.70 Å². The summed E-state index contributed by atoms with van der Waals surface area (Å²) in [6.07, 6.45) is 1.84. The summed E-state index contributed by atoms with van der Waals surface area (Å²) in [7, 11) is 1.06. The molecule has 3 heteroatoms. The maximum absolute atomic E-state index is 5.24. The minimum atomic E-state index is -0.118. The van der Waals surface area contributed by atoms with Crippen LogP contribution in [0.1, 0.15) is 13.8 Å². The van der Waals surface area contributed by atoms with Gasteiger partial charge in [0.1, 0.15) is 0 Å². The summed E-state index contributed by atoms with van der Waals surface area (Å²) in [6, 6.07) is 0. The van der Waals surface area contributed by atoms with Crippen LogP contribution in [0, 0.1) is 0 Å². The van der Waals surface area contributed by atoms with E-state index in [9.17, 15) is 0 Å². The van der Waals surface area contributed by atoms with Gasteiger partial charge in [0.05, 0.1) is 0 Å². The van der Waals surface area contributed by atoms with Gasteiger partial charge >= 0.3 is 0 Å². The third-order valence-corrected chi connectivity index (χ3v) is 1.40. The van der Waals surface area contributed by atoms with Gasteiger partial charge < -0.3 is 9.47 Å². The molecule has 0 bridgehead atoms. The Morgan fingerprint density at radius 2 is 1.80 bits per heavy atom. The Labute approximate surface area is 65.6 Å². The minimum Gasteiger partial charge on any atom is -0.349 e. The van der Waals surface area contributed by atoms with Gasteiger partial charge in [0, 0.05) is 23.5 Å². The van der Waals surface area contributed by atoms with Crippen molar-refractivity contribution in [3.05, 3.63) is 11.8 Å². The topological polar surface area (TPSA) is 18.5 Å². The summed E-state index contributed by atoms with van der Waals surface area (Å²) < 4.78 is 10.5. The first-order chi connectivity index (χ1) is 4.85. The molecule has 0 N–H and O–H groups in total. The Bertz CT molecular complexity index is 87.6. The van der Waals surface area contributed by atoms with Crippen molar-refractivity contribution in [3.63, 3.8) is 0 Å². The van der Waals surface area contributed by atoms with Crippen LogP contribution in [-0.4, -0.2) is 29.7 Å². The van der Waals surface area contributed by atoms with E-state index in [1.165, 1.54) is 0 Å². The zero-order chi connectivity index (χ0) is 7.82. The molecule has 0 rings (SSSR count). The second-order valence-electron chi connectivity index (χ2n) is 1.80. The minimum absolute atomic E-state index is 0.118. The van der Waals surface area contributed by atoms with Crippen molar-refractivity contribution in [1.82, 2.24) is 0 Å². The van der Waals surface area contributed by atoms with E-state index >= 15 is 0 Å². The van der Waals surface area contributed by atoms with Crippen LogP contribution in [-0.2, 0) is 9.47 Å². The average molecular weight is 160 g/mol. The van der Waals surface area contributed by atoms with E-state index in [0.29, 0.717) is 13.2 Å². The first kappa shape index (κ1) is 9.88. The largest absolute Gasteiger partial charge is 0.349 e. The molecule has 0 atom stereocenters. The Morgan fingerprint density at radius 3 is 2.10 bits per heavy atom. The first-order valence-electron chi connectivity index (χ1n) is 3.71. The summed E-state index contributed by atoms with van der Waals surface area (Å²) in [5, 5.41) is 0. The van der Waals surface area contributed by atoms with Crippen molar-refractivity contribution < 1.29 is 9.47 Å². The Hall–Kier alpha value is -0.123. The van der Waals surface area contributed by atoms with Crippen molar-refractivity contribution in [2.45, 2.75) is 20.1 Å². The lowest BCUT2D eigenvalue weighted by atomic mass is 10.6. The quantitative estimate of drug-likeness (QED) is 0.424. The lowest BCUT2D eigenvalue weighted by molar-refractivity contribution is -0.103. The van der Waals surface area contributed by atoms with Crippen LogP contribution < -0.4 is 0 Å². The van der Waals surface area contributed by atoms with Crippen LogP contribution in [0.3, 0.4) is 0 Å². The summed E-state index contributed by atoms with van der Waals surface area (Å²) in [6.45, 7) is 5.34. The molecule has 0 aliphatic rings. The molecular formula is C7H16O2Si. The SMILES string of the molecule is CCOC(/C=C/[SiH3])OCC. The van der Waals surface area contributed by atoms with Gasteiger partial charge in [0.15, 0.2) is 6.29 Å². The van der Waals surface area contributed by atoms with Crippen LogP contribution in [0.4, 0.5) is 0 Å². The van der Waals surface area contributed by atoms with Gasteiger partial charge in [-0.1, -0.05) is 0 Å². The van der Waals surface area contributed by atoms with Crippen molar-refractivity contribution in [1.29, 1.82) is 0 Å². The molecule has 0 aromatic rings. The highest BCUT2D eigenvalue weighted by Gasteiger charge is 1.99. The molecule has 0 aliphatic carbocycles. The van der Waals surface area contributed by atoms with E-state index in [-0.39, 0.29) is 6.29 Å². The number of ether oxygens (including phenoxy) is 2. The van der Waals surface area contributed by atoms with Crippen LogP contribution in [0.25, 0.3) is 0 Å². The van der Waals surface area contributed by atoms with Gasteiger partial charge in [0.2, 0.25) is 0 Å². The first-order valence-corrected chi connectivity index (χ1v) is 4.86. The predicted molar refractivity (Wildman–Crippen MR) is 46.1 cm³/mol. The number of rotatable bonds is 5. The standard InChI is InChI=1S/C7H16O2Si/c1-3-8-7(5-6-10)9-4-2/h5-7H,3-4H2,1-2,10H3/b6-5+. The number of hydrogen-bond acceptors (Lipinski definition) is 2. The predicted octanol–water partition coefficient (Wildman–Crippen LogP) is 0.265. The molecule has 0 fully saturated rings. The van der Waals surface area contributed by atoms with E-state index in [1.54, 1.807) is 0 Å². The Morgan fingerprint density at radius 1 is 1.30 bits per heavy atom. The van der Waals surface area contributed by atoms with Crippen molar-refractivity contribution in [2.75, 3.05) is 13.2 Å². The number of hydrogen-bond donors (Lipinski definition) is 0. The van der Waals surface area contributed by atoms with E-state index in [2.05, 4.69) is 5.70 Å². The zero-order valence-corrected chi connectivity index (χ0v) is 8.96. The van der Waals surface area contributed by atoms with E-state index < -0.39 is 0 Å². The van der Waals surface area contributed by atoms with Crippen molar-refractivity contribution in [2.24, 2.45) is 0 Å². The molecule has 0 spiro atoms. The molecule has 0 aliphatic heterocycles.